The Kier molecular flexibility index (Phi) is 3.68. The molecule has 19 heavy (non-hydrogen) atoms. The van der Waals surface area contributed by atoms with Crippen molar-refractivity contribution in [2.24, 2.45) is 0 Å². The van der Waals surface area contributed by atoms with Gasteiger partial charge in [0.05, 0.1) is 13.2 Å². The Morgan fingerprint density at radius 3 is 2.95 bits per heavy atom. The lowest BCUT2D eigenvalue weighted by atomic mass is 10.4. The molecule has 2 fully saturated rings. The Morgan fingerprint density at radius 1 is 1.42 bits per heavy atom. The fraction of sp³-hybridized carbons (Fsp3) is 0.692. The summed E-state index contributed by atoms with van der Waals surface area (Å²) < 4.78 is 7.38. The molecular weight excluding hydrogens is 244 g/mol. The summed E-state index contributed by atoms with van der Waals surface area (Å²) in [5.41, 5.74) is 0. The van der Waals surface area contributed by atoms with Crippen molar-refractivity contribution in [3.8, 4) is 0 Å². The fourth-order valence-corrected chi connectivity index (χ4v) is 2.37. The summed E-state index contributed by atoms with van der Waals surface area (Å²) in [7, 11) is 0. The van der Waals surface area contributed by atoms with Crippen LogP contribution in [0.15, 0.2) is 12.4 Å². The average Bonchev–Trinajstić information content (AvgIpc) is 3.19. The number of hydrogen-bond acceptors (Lipinski definition) is 3. The lowest BCUT2D eigenvalue weighted by Crippen LogP contribution is -2.46. The van der Waals surface area contributed by atoms with Crippen LogP contribution in [0.5, 0.6) is 0 Å². The first kappa shape index (κ1) is 12.5. The summed E-state index contributed by atoms with van der Waals surface area (Å²) in [6.45, 7) is 4.09. The van der Waals surface area contributed by atoms with Crippen molar-refractivity contribution in [2.75, 3.05) is 32.8 Å². The summed E-state index contributed by atoms with van der Waals surface area (Å²) in [6.07, 6.45) is 6.33. The van der Waals surface area contributed by atoms with Crippen LogP contribution in [0.4, 0.5) is 4.79 Å². The quantitative estimate of drug-likeness (QED) is 0.875. The number of rotatable bonds is 4. The topological polar surface area (TPSA) is 59.4 Å². The maximum Gasteiger partial charge on any atom is 0.317 e. The molecule has 2 heterocycles. The van der Waals surface area contributed by atoms with Crippen LogP contribution in [0.2, 0.25) is 0 Å². The maximum absolute atomic E-state index is 11.9. The van der Waals surface area contributed by atoms with E-state index in [1.54, 1.807) is 4.90 Å². The molecule has 0 aromatic carbocycles. The van der Waals surface area contributed by atoms with Crippen molar-refractivity contribution in [3.63, 3.8) is 0 Å². The number of ether oxygens (including phenoxy) is 1. The van der Waals surface area contributed by atoms with Crippen molar-refractivity contribution in [2.45, 2.75) is 25.3 Å². The molecule has 6 nitrogen and oxygen atoms in total. The highest BCUT2D eigenvalue weighted by Gasteiger charge is 2.27. The van der Waals surface area contributed by atoms with Crippen molar-refractivity contribution >= 4 is 6.03 Å². The molecule has 0 radical (unpaired) electrons. The van der Waals surface area contributed by atoms with E-state index in [2.05, 4.69) is 14.9 Å². The minimum absolute atomic E-state index is 0.0105. The number of aromatic nitrogens is 2. The summed E-state index contributed by atoms with van der Waals surface area (Å²) in [4.78, 5) is 18.1. The van der Waals surface area contributed by atoms with Gasteiger partial charge < -0.3 is 19.5 Å². The minimum Gasteiger partial charge on any atom is -0.378 e. The van der Waals surface area contributed by atoms with E-state index in [4.69, 9.17) is 4.74 Å². The van der Waals surface area contributed by atoms with E-state index < -0.39 is 0 Å². The molecule has 0 unspecified atom stereocenters. The number of carbonyl (C=O) groups excluding carboxylic acids is 1. The summed E-state index contributed by atoms with van der Waals surface area (Å²) in [5, 5.41) is 2.96. The number of carbonyl (C=O) groups is 1. The van der Waals surface area contributed by atoms with Crippen LogP contribution in [-0.4, -0.2) is 53.3 Å². The van der Waals surface area contributed by atoms with Crippen LogP contribution in [0.25, 0.3) is 0 Å². The molecule has 3 rings (SSSR count). The number of amides is 2. The van der Waals surface area contributed by atoms with Gasteiger partial charge in [-0.3, -0.25) is 0 Å². The molecule has 6 heteroatoms. The average molecular weight is 264 g/mol. The predicted octanol–water partition coefficient (Wildman–Crippen LogP) is 0.802. The summed E-state index contributed by atoms with van der Waals surface area (Å²) >= 11 is 0. The maximum atomic E-state index is 11.9. The van der Waals surface area contributed by atoms with Crippen LogP contribution in [0.3, 0.4) is 0 Å². The van der Waals surface area contributed by atoms with Crippen LogP contribution in [-0.2, 0) is 11.3 Å². The first-order valence-corrected chi connectivity index (χ1v) is 6.96. The molecule has 0 spiro atoms. The number of hydrogen-bond donors (Lipinski definition) is 1. The Balaban J connectivity index is 1.44. The van der Waals surface area contributed by atoms with Crippen molar-refractivity contribution in [3.05, 3.63) is 18.2 Å². The van der Waals surface area contributed by atoms with Crippen LogP contribution >= 0.6 is 0 Å². The zero-order chi connectivity index (χ0) is 13.1. The molecule has 1 saturated heterocycles. The van der Waals surface area contributed by atoms with Gasteiger partial charge in [0.2, 0.25) is 0 Å². The largest absolute Gasteiger partial charge is 0.378 e. The van der Waals surface area contributed by atoms with Gasteiger partial charge in [0.1, 0.15) is 5.82 Å². The first-order chi connectivity index (χ1) is 9.34. The van der Waals surface area contributed by atoms with Gasteiger partial charge in [-0.15, -0.1) is 0 Å². The third-order valence-corrected chi connectivity index (χ3v) is 3.62. The van der Waals surface area contributed by atoms with E-state index in [1.165, 1.54) is 18.7 Å². The number of urea groups is 1. The molecule has 104 valence electrons. The Morgan fingerprint density at radius 2 is 2.21 bits per heavy atom. The minimum atomic E-state index is 0.0105. The molecule has 2 aliphatic rings. The van der Waals surface area contributed by atoms with Crippen molar-refractivity contribution in [1.82, 2.24) is 19.8 Å². The van der Waals surface area contributed by atoms with Crippen LogP contribution in [0.1, 0.15) is 24.6 Å². The van der Waals surface area contributed by atoms with Gasteiger partial charge in [0, 0.05) is 44.5 Å². The zero-order valence-corrected chi connectivity index (χ0v) is 11.0. The van der Waals surface area contributed by atoms with E-state index in [9.17, 15) is 4.79 Å². The predicted molar refractivity (Wildman–Crippen MR) is 70.0 cm³/mol. The molecule has 1 aliphatic heterocycles. The molecule has 2 amide bonds. The second kappa shape index (κ2) is 5.61. The van der Waals surface area contributed by atoms with Gasteiger partial charge in [-0.05, 0) is 12.8 Å². The van der Waals surface area contributed by atoms with E-state index in [0.717, 1.165) is 6.54 Å². The molecule has 1 saturated carbocycles. The van der Waals surface area contributed by atoms with Gasteiger partial charge in [0.15, 0.2) is 0 Å². The summed E-state index contributed by atoms with van der Waals surface area (Å²) in [5.74, 6) is 1.81. The Labute approximate surface area is 112 Å². The number of nitrogens with zero attached hydrogens (tertiary/aromatic N) is 3. The normalized spacial score (nSPS) is 19.5. The Hall–Kier alpha value is -1.56. The molecule has 1 aromatic rings. The molecule has 1 aromatic heterocycles. The highest BCUT2D eigenvalue weighted by molar-refractivity contribution is 5.74. The smallest absolute Gasteiger partial charge is 0.317 e. The van der Waals surface area contributed by atoms with Crippen LogP contribution < -0.4 is 5.32 Å². The SMILES string of the molecule is O=C(NCCn1ccnc1C1CC1)N1CCOCC1. The second-order valence-corrected chi connectivity index (χ2v) is 5.08. The molecule has 0 atom stereocenters. The van der Waals surface area contributed by atoms with Gasteiger partial charge in [-0.25, -0.2) is 9.78 Å². The number of morpholine rings is 1. The second-order valence-electron chi connectivity index (χ2n) is 5.08. The molecule has 0 bridgehead atoms. The van der Waals surface area contributed by atoms with Gasteiger partial charge >= 0.3 is 6.03 Å². The lowest BCUT2D eigenvalue weighted by Gasteiger charge is -2.27. The van der Waals surface area contributed by atoms with Crippen molar-refractivity contribution in [1.29, 1.82) is 0 Å². The molecule has 1 aliphatic carbocycles. The highest BCUT2D eigenvalue weighted by atomic mass is 16.5. The van der Waals surface area contributed by atoms with Gasteiger partial charge in [0.25, 0.3) is 0 Å². The molecule has 1 N–H and O–H groups in total. The Bertz CT molecular complexity index is 436. The third-order valence-electron chi connectivity index (χ3n) is 3.62. The molecular formula is C13H20N4O2. The third kappa shape index (κ3) is 3.07. The highest BCUT2D eigenvalue weighted by Crippen LogP contribution is 2.38. The first-order valence-electron chi connectivity index (χ1n) is 6.96. The van der Waals surface area contributed by atoms with E-state index in [0.29, 0.717) is 38.8 Å². The standard InChI is InChI=1S/C13H20N4O2/c18-13(17-7-9-19-10-8-17)15-4-6-16-5-3-14-12(16)11-1-2-11/h3,5,11H,1-2,4,6-10H2,(H,15,18). The zero-order valence-electron chi connectivity index (χ0n) is 11.0. The van der Waals surface area contributed by atoms with Gasteiger partial charge in [-0.2, -0.15) is 0 Å². The number of imidazole rings is 1. The summed E-state index contributed by atoms with van der Waals surface area (Å²) in [6, 6.07) is 0.0105. The number of nitrogens with one attached hydrogen (secondary N) is 1. The van der Waals surface area contributed by atoms with Gasteiger partial charge in [-0.1, -0.05) is 0 Å². The monoisotopic (exact) mass is 264 g/mol. The van der Waals surface area contributed by atoms with Crippen LogP contribution in [0, 0.1) is 0 Å². The van der Waals surface area contributed by atoms with E-state index >= 15 is 0 Å². The van der Waals surface area contributed by atoms with Crippen molar-refractivity contribution < 1.29 is 9.53 Å². The lowest BCUT2D eigenvalue weighted by molar-refractivity contribution is 0.0532. The van der Waals surface area contributed by atoms with E-state index in [1.807, 2.05) is 12.4 Å². The van der Waals surface area contributed by atoms with E-state index in [-0.39, 0.29) is 6.03 Å². The fourth-order valence-electron chi connectivity index (χ4n) is 2.37.